The molecule has 1 aromatic heterocycles. The molecule has 6 nitrogen and oxygen atoms in total. The van der Waals surface area contributed by atoms with Crippen LogP contribution in [0, 0.1) is 17.5 Å². The molecule has 0 spiro atoms. The molecule has 0 atom stereocenters. The number of hydrogen-bond acceptors (Lipinski definition) is 5. The molecule has 0 saturated carbocycles. The van der Waals surface area contributed by atoms with Crippen molar-refractivity contribution < 1.29 is 18.0 Å². The highest BCUT2D eigenvalue weighted by Gasteiger charge is 2.24. The normalized spacial score (nSPS) is 16.4. The summed E-state index contributed by atoms with van der Waals surface area (Å²) in [4.78, 5) is 20.0. The summed E-state index contributed by atoms with van der Waals surface area (Å²) in [5.41, 5.74) is 8.17. The number of anilines is 2. The molecule has 1 fully saturated rings. The third kappa shape index (κ3) is 3.96. The Morgan fingerprint density at radius 2 is 1.59 bits per heavy atom. The van der Waals surface area contributed by atoms with Gasteiger partial charge in [-0.15, -0.1) is 0 Å². The number of pyridine rings is 1. The molecule has 34 heavy (non-hydrogen) atoms. The van der Waals surface area contributed by atoms with E-state index in [1.165, 1.54) is 24.4 Å². The number of hydrogen-bond donors (Lipinski definition) is 2. The summed E-state index contributed by atoms with van der Waals surface area (Å²) in [6.07, 6.45) is 1.97. The Hall–Kier alpha value is -3.59. The van der Waals surface area contributed by atoms with E-state index in [0.717, 1.165) is 13.1 Å². The number of aromatic nitrogens is 1. The van der Waals surface area contributed by atoms with Crippen LogP contribution < -0.4 is 16.0 Å². The van der Waals surface area contributed by atoms with Crippen LogP contribution in [-0.4, -0.2) is 55.6 Å². The zero-order chi connectivity index (χ0) is 24.0. The number of nitrogens with one attached hydrogen (secondary N) is 1. The Labute approximate surface area is 195 Å². The number of likely N-dealkylation sites (N-methyl/N-ethyl adjacent to an activating group) is 1. The fourth-order valence-corrected chi connectivity index (χ4v) is 4.56. The van der Waals surface area contributed by atoms with Gasteiger partial charge in [0.1, 0.15) is 29.0 Å². The highest BCUT2D eigenvalue weighted by molar-refractivity contribution is 5.97. The summed E-state index contributed by atoms with van der Waals surface area (Å²) < 4.78 is 45.0. The van der Waals surface area contributed by atoms with E-state index in [1.54, 1.807) is 17.0 Å². The average Bonchev–Trinajstić information content (AvgIpc) is 2.80. The van der Waals surface area contributed by atoms with E-state index in [0.29, 0.717) is 48.3 Å². The van der Waals surface area contributed by atoms with Crippen LogP contribution in [0.4, 0.5) is 24.7 Å². The van der Waals surface area contributed by atoms with Gasteiger partial charge in [-0.05, 0) is 54.9 Å². The molecule has 3 N–H and O–H groups in total. The van der Waals surface area contributed by atoms with E-state index >= 15 is 8.78 Å². The van der Waals surface area contributed by atoms with Crippen LogP contribution in [0.5, 0.6) is 0 Å². The molecule has 0 radical (unpaired) electrons. The smallest absolute Gasteiger partial charge is 0.251 e. The fourth-order valence-electron chi connectivity index (χ4n) is 4.56. The third-order valence-electron chi connectivity index (χ3n) is 6.50. The van der Waals surface area contributed by atoms with E-state index in [-0.39, 0.29) is 28.5 Å². The molecule has 2 aliphatic rings. The predicted molar refractivity (Wildman–Crippen MR) is 125 cm³/mol. The summed E-state index contributed by atoms with van der Waals surface area (Å²) in [5.74, 6) is -2.19. The first-order chi connectivity index (χ1) is 16.3. The first kappa shape index (κ1) is 22.2. The monoisotopic (exact) mass is 467 g/mol. The van der Waals surface area contributed by atoms with Gasteiger partial charge in [-0.2, -0.15) is 0 Å². The SMILES string of the molecule is CN1CCN(c2c(F)cc(-c3cnc(N)c(-c4cc5c(cc4F)C(=O)NCC5)c3)cc2F)CC1. The lowest BCUT2D eigenvalue weighted by Crippen LogP contribution is -2.45. The van der Waals surface area contributed by atoms with Crippen molar-refractivity contribution in [2.24, 2.45) is 0 Å². The van der Waals surface area contributed by atoms with Gasteiger partial charge in [0.2, 0.25) is 0 Å². The lowest BCUT2D eigenvalue weighted by Gasteiger charge is -2.34. The molecule has 176 valence electrons. The zero-order valence-corrected chi connectivity index (χ0v) is 18.7. The number of fused-ring (bicyclic) bond motifs is 1. The maximum atomic E-state index is 15.0. The number of rotatable bonds is 3. The molecule has 2 aliphatic heterocycles. The highest BCUT2D eigenvalue weighted by atomic mass is 19.1. The number of carbonyl (C=O) groups excluding carboxylic acids is 1. The molecular weight excluding hydrogens is 443 g/mol. The Bertz CT molecular complexity index is 1260. The topological polar surface area (TPSA) is 74.5 Å². The number of nitrogens with two attached hydrogens (primary N) is 1. The maximum Gasteiger partial charge on any atom is 0.251 e. The first-order valence-corrected chi connectivity index (χ1v) is 11.1. The van der Waals surface area contributed by atoms with Gasteiger partial charge in [0.15, 0.2) is 0 Å². The standard InChI is InChI=1S/C25H24F3N5O/c1-32-4-6-33(7-5-32)23-21(27)10-15(11-22(23)28)16-9-19(24(29)31-13-16)18-8-14-2-3-30-25(34)17(14)12-20(18)26/h8-13H,2-7H2,1H3,(H2,29,31)(H,30,34). The number of nitrogens with zero attached hydrogens (tertiary/aromatic N) is 3. The molecule has 0 unspecified atom stereocenters. The summed E-state index contributed by atoms with van der Waals surface area (Å²) in [5, 5.41) is 2.69. The van der Waals surface area contributed by atoms with Crippen LogP contribution in [0.2, 0.25) is 0 Å². The molecule has 0 aliphatic carbocycles. The van der Waals surface area contributed by atoms with Crippen molar-refractivity contribution in [1.29, 1.82) is 0 Å². The molecule has 1 amide bonds. The Kier molecular flexibility index (Phi) is 5.65. The van der Waals surface area contributed by atoms with Crippen molar-refractivity contribution in [2.45, 2.75) is 6.42 Å². The van der Waals surface area contributed by atoms with Crippen molar-refractivity contribution in [3.05, 3.63) is 65.1 Å². The first-order valence-electron chi connectivity index (χ1n) is 11.1. The minimum Gasteiger partial charge on any atom is -0.383 e. The number of benzene rings is 2. The van der Waals surface area contributed by atoms with Crippen LogP contribution in [0.1, 0.15) is 15.9 Å². The van der Waals surface area contributed by atoms with Crippen LogP contribution in [0.15, 0.2) is 36.5 Å². The molecule has 3 aromatic rings. The molecule has 0 bridgehead atoms. The Balaban J connectivity index is 1.53. The Morgan fingerprint density at radius 1 is 0.882 bits per heavy atom. The number of nitrogen functional groups attached to an aromatic ring is 1. The molecule has 9 heteroatoms. The lowest BCUT2D eigenvalue weighted by molar-refractivity contribution is 0.0945. The minimum absolute atomic E-state index is 0.0421. The summed E-state index contributed by atoms with van der Waals surface area (Å²) in [7, 11) is 1.97. The zero-order valence-electron chi connectivity index (χ0n) is 18.7. The van der Waals surface area contributed by atoms with E-state index < -0.39 is 17.5 Å². The van der Waals surface area contributed by atoms with Crippen molar-refractivity contribution in [3.63, 3.8) is 0 Å². The molecule has 5 rings (SSSR count). The number of halogens is 3. The van der Waals surface area contributed by atoms with E-state index in [1.807, 2.05) is 7.05 Å². The summed E-state index contributed by atoms with van der Waals surface area (Å²) in [6, 6.07) is 6.88. The molecule has 1 saturated heterocycles. The Morgan fingerprint density at radius 3 is 2.29 bits per heavy atom. The minimum atomic E-state index is -0.663. The van der Waals surface area contributed by atoms with Crippen LogP contribution in [0.3, 0.4) is 0 Å². The van der Waals surface area contributed by atoms with Crippen LogP contribution in [0.25, 0.3) is 22.3 Å². The van der Waals surface area contributed by atoms with Gasteiger partial charge in [0.05, 0.1) is 0 Å². The number of piperazine rings is 1. The van der Waals surface area contributed by atoms with Crippen molar-refractivity contribution in [3.8, 4) is 22.3 Å². The molecule has 3 heterocycles. The quantitative estimate of drug-likeness (QED) is 0.617. The second kappa shape index (κ2) is 8.64. The average molecular weight is 467 g/mol. The second-order valence-electron chi connectivity index (χ2n) is 8.73. The number of carbonyl (C=O) groups is 1. The van der Waals surface area contributed by atoms with Gasteiger partial charge in [-0.1, -0.05) is 0 Å². The molecular formula is C25H24F3N5O. The lowest BCUT2D eigenvalue weighted by atomic mass is 9.93. The second-order valence-corrected chi connectivity index (χ2v) is 8.73. The van der Waals surface area contributed by atoms with E-state index in [2.05, 4.69) is 15.2 Å². The van der Waals surface area contributed by atoms with Gasteiger partial charge in [-0.25, -0.2) is 18.2 Å². The fraction of sp³-hybridized carbons (Fsp3) is 0.280. The van der Waals surface area contributed by atoms with Crippen molar-refractivity contribution in [2.75, 3.05) is 50.4 Å². The summed E-state index contributed by atoms with van der Waals surface area (Å²) in [6.45, 7) is 2.97. The third-order valence-corrected chi connectivity index (χ3v) is 6.50. The highest BCUT2D eigenvalue weighted by Crippen LogP contribution is 2.35. The van der Waals surface area contributed by atoms with Crippen molar-refractivity contribution in [1.82, 2.24) is 15.2 Å². The van der Waals surface area contributed by atoms with Crippen LogP contribution in [-0.2, 0) is 6.42 Å². The van der Waals surface area contributed by atoms with E-state index in [4.69, 9.17) is 5.73 Å². The van der Waals surface area contributed by atoms with E-state index in [9.17, 15) is 9.18 Å². The van der Waals surface area contributed by atoms with Gasteiger partial charge in [0, 0.05) is 61.2 Å². The van der Waals surface area contributed by atoms with Gasteiger partial charge in [0.25, 0.3) is 5.91 Å². The summed E-state index contributed by atoms with van der Waals surface area (Å²) >= 11 is 0. The maximum absolute atomic E-state index is 15.0. The molecule has 2 aromatic carbocycles. The van der Waals surface area contributed by atoms with Gasteiger partial charge < -0.3 is 20.9 Å². The predicted octanol–water partition coefficient (Wildman–Crippen LogP) is 3.45. The van der Waals surface area contributed by atoms with Crippen LogP contribution >= 0.6 is 0 Å². The van der Waals surface area contributed by atoms with Gasteiger partial charge in [-0.3, -0.25) is 4.79 Å². The largest absolute Gasteiger partial charge is 0.383 e. The van der Waals surface area contributed by atoms with Gasteiger partial charge >= 0.3 is 0 Å². The van der Waals surface area contributed by atoms with Crippen molar-refractivity contribution >= 4 is 17.4 Å². The number of amides is 1.